The van der Waals surface area contributed by atoms with Gasteiger partial charge in [-0.25, -0.2) is 0 Å². The van der Waals surface area contributed by atoms with Crippen molar-refractivity contribution in [3.63, 3.8) is 0 Å². The molecule has 1 saturated heterocycles. The quantitative estimate of drug-likeness (QED) is 0.756. The van der Waals surface area contributed by atoms with Crippen molar-refractivity contribution in [3.8, 4) is 0 Å². The lowest BCUT2D eigenvalue weighted by molar-refractivity contribution is -0.128. The van der Waals surface area contributed by atoms with E-state index in [1.165, 1.54) is 25.7 Å². The SMILES string of the molecule is CCC(C)(C)NC(=O)C(C)N(CC1CCCNC1)C1CC1. The Bertz CT molecular complexity index is 346. The minimum atomic E-state index is -0.104. The molecular formula is C17H33N3O. The monoisotopic (exact) mass is 295 g/mol. The normalized spacial score (nSPS) is 24.9. The fourth-order valence-corrected chi connectivity index (χ4v) is 3.08. The summed E-state index contributed by atoms with van der Waals surface area (Å²) in [5.74, 6) is 0.895. The van der Waals surface area contributed by atoms with Gasteiger partial charge in [-0.1, -0.05) is 6.92 Å². The molecule has 1 saturated carbocycles. The maximum atomic E-state index is 12.6. The van der Waals surface area contributed by atoms with Crippen LogP contribution in [0.2, 0.25) is 0 Å². The molecule has 0 radical (unpaired) electrons. The lowest BCUT2D eigenvalue weighted by atomic mass is 9.97. The van der Waals surface area contributed by atoms with Crippen molar-refractivity contribution in [1.29, 1.82) is 0 Å². The van der Waals surface area contributed by atoms with Crippen LogP contribution >= 0.6 is 0 Å². The molecule has 1 aliphatic heterocycles. The molecule has 0 aromatic rings. The highest BCUT2D eigenvalue weighted by atomic mass is 16.2. The number of nitrogens with one attached hydrogen (secondary N) is 2. The molecule has 0 bridgehead atoms. The first kappa shape index (κ1) is 16.8. The molecule has 2 atom stereocenters. The van der Waals surface area contributed by atoms with E-state index in [2.05, 4.69) is 43.2 Å². The van der Waals surface area contributed by atoms with E-state index >= 15 is 0 Å². The molecule has 4 nitrogen and oxygen atoms in total. The molecule has 21 heavy (non-hydrogen) atoms. The number of piperidine rings is 1. The number of carbonyl (C=O) groups is 1. The van der Waals surface area contributed by atoms with Crippen LogP contribution in [0.3, 0.4) is 0 Å². The summed E-state index contributed by atoms with van der Waals surface area (Å²) in [5, 5.41) is 6.70. The Morgan fingerprint density at radius 2 is 2.10 bits per heavy atom. The summed E-state index contributed by atoms with van der Waals surface area (Å²) in [6.07, 6.45) is 6.04. The fraction of sp³-hybridized carbons (Fsp3) is 0.941. The minimum Gasteiger partial charge on any atom is -0.350 e. The second-order valence-electron chi connectivity index (χ2n) is 7.54. The van der Waals surface area contributed by atoms with E-state index in [1.54, 1.807) is 0 Å². The number of hydrogen-bond donors (Lipinski definition) is 2. The molecule has 1 aliphatic carbocycles. The third kappa shape index (κ3) is 4.96. The lowest BCUT2D eigenvalue weighted by Gasteiger charge is -2.35. The smallest absolute Gasteiger partial charge is 0.237 e. The van der Waals surface area contributed by atoms with Crippen LogP contribution in [0, 0.1) is 5.92 Å². The van der Waals surface area contributed by atoms with Crippen LogP contribution in [-0.2, 0) is 4.79 Å². The van der Waals surface area contributed by atoms with Crippen molar-refractivity contribution in [1.82, 2.24) is 15.5 Å². The van der Waals surface area contributed by atoms with Crippen LogP contribution in [-0.4, -0.2) is 48.1 Å². The average Bonchev–Trinajstić information content (AvgIpc) is 3.29. The van der Waals surface area contributed by atoms with Gasteiger partial charge in [-0.05, 0) is 71.9 Å². The Kier molecular flexibility index (Phi) is 5.67. The summed E-state index contributed by atoms with van der Waals surface area (Å²) in [6, 6.07) is 0.627. The molecule has 122 valence electrons. The second-order valence-corrected chi connectivity index (χ2v) is 7.54. The third-order valence-electron chi connectivity index (χ3n) is 5.11. The van der Waals surface area contributed by atoms with Crippen molar-refractivity contribution in [3.05, 3.63) is 0 Å². The van der Waals surface area contributed by atoms with Crippen LogP contribution in [0.5, 0.6) is 0 Å². The molecule has 1 amide bonds. The second kappa shape index (κ2) is 7.10. The van der Waals surface area contributed by atoms with Gasteiger partial charge in [-0.3, -0.25) is 9.69 Å². The fourth-order valence-electron chi connectivity index (χ4n) is 3.08. The van der Waals surface area contributed by atoms with Gasteiger partial charge in [-0.2, -0.15) is 0 Å². The summed E-state index contributed by atoms with van der Waals surface area (Å²) >= 11 is 0. The zero-order valence-corrected chi connectivity index (χ0v) is 14.2. The van der Waals surface area contributed by atoms with Crippen LogP contribution in [0.4, 0.5) is 0 Å². The maximum Gasteiger partial charge on any atom is 0.237 e. The van der Waals surface area contributed by atoms with E-state index < -0.39 is 0 Å². The highest BCUT2D eigenvalue weighted by molar-refractivity contribution is 5.82. The van der Waals surface area contributed by atoms with Crippen LogP contribution in [0.1, 0.15) is 59.8 Å². The highest BCUT2D eigenvalue weighted by Crippen LogP contribution is 2.30. The Morgan fingerprint density at radius 1 is 1.38 bits per heavy atom. The lowest BCUT2D eigenvalue weighted by Crippen LogP contribution is -2.54. The van der Waals surface area contributed by atoms with Gasteiger partial charge in [0.25, 0.3) is 0 Å². The summed E-state index contributed by atoms with van der Waals surface area (Å²) in [7, 11) is 0. The standard InChI is InChI=1S/C17H33N3O/c1-5-17(3,4)19-16(21)13(2)20(15-8-9-15)12-14-7-6-10-18-11-14/h13-15,18H,5-12H2,1-4H3,(H,19,21). The van der Waals surface area contributed by atoms with Gasteiger partial charge >= 0.3 is 0 Å². The van der Waals surface area contributed by atoms with Gasteiger partial charge in [0.15, 0.2) is 0 Å². The van der Waals surface area contributed by atoms with Crippen molar-refractivity contribution in [2.45, 2.75) is 77.4 Å². The maximum absolute atomic E-state index is 12.6. The van der Waals surface area contributed by atoms with Crippen molar-refractivity contribution in [2.75, 3.05) is 19.6 Å². The van der Waals surface area contributed by atoms with Crippen LogP contribution in [0.25, 0.3) is 0 Å². The molecule has 0 aromatic heterocycles. The topological polar surface area (TPSA) is 44.4 Å². The Hall–Kier alpha value is -0.610. The van der Waals surface area contributed by atoms with Gasteiger partial charge in [0, 0.05) is 18.1 Å². The van der Waals surface area contributed by atoms with Gasteiger partial charge in [0.05, 0.1) is 6.04 Å². The van der Waals surface area contributed by atoms with Crippen molar-refractivity contribution < 1.29 is 4.79 Å². The number of hydrogen-bond acceptors (Lipinski definition) is 3. The zero-order chi connectivity index (χ0) is 15.5. The van der Waals surface area contributed by atoms with Gasteiger partial charge in [0.2, 0.25) is 5.91 Å². The molecule has 2 aliphatic rings. The molecule has 2 unspecified atom stereocenters. The number of nitrogens with zero attached hydrogens (tertiary/aromatic N) is 1. The first-order chi connectivity index (χ1) is 9.93. The van der Waals surface area contributed by atoms with E-state index in [4.69, 9.17) is 0 Å². The van der Waals surface area contributed by atoms with E-state index in [1.807, 2.05) is 0 Å². The van der Waals surface area contributed by atoms with Gasteiger partial charge in [0.1, 0.15) is 0 Å². The predicted octanol–water partition coefficient (Wildman–Crippen LogP) is 2.14. The van der Waals surface area contributed by atoms with Gasteiger partial charge < -0.3 is 10.6 Å². The Labute approximate surface area is 130 Å². The molecule has 2 rings (SSSR count). The summed E-state index contributed by atoms with van der Waals surface area (Å²) in [4.78, 5) is 15.0. The highest BCUT2D eigenvalue weighted by Gasteiger charge is 2.37. The number of carbonyl (C=O) groups excluding carboxylic acids is 1. The first-order valence-electron chi connectivity index (χ1n) is 8.71. The van der Waals surface area contributed by atoms with E-state index in [0.29, 0.717) is 12.0 Å². The predicted molar refractivity (Wildman–Crippen MR) is 87.3 cm³/mol. The van der Waals surface area contributed by atoms with Crippen molar-refractivity contribution in [2.24, 2.45) is 5.92 Å². The van der Waals surface area contributed by atoms with Crippen molar-refractivity contribution >= 4 is 5.91 Å². The molecule has 4 heteroatoms. The molecule has 2 N–H and O–H groups in total. The summed E-state index contributed by atoms with van der Waals surface area (Å²) < 4.78 is 0. The van der Waals surface area contributed by atoms with E-state index in [0.717, 1.165) is 26.1 Å². The van der Waals surface area contributed by atoms with E-state index in [-0.39, 0.29) is 17.5 Å². The summed E-state index contributed by atoms with van der Waals surface area (Å²) in [6.45, 7) is 11.7. The third-order valence-corrected chi connectivity index (χ3v) is 5.11. The molecule has 2 fully saturated rings. The zero-order valence-electron chi connectivity index (χ0n) is 14.2. The molecule has 1 heterocycles. The first-order valence-corrected chi connectivity index (χ1v) is 8.71. The molecule has 0 aromatic carbocycles. The van der Waals surface area contributed by atoms with Gasteiger partial charge in [-0.15, -0.1) is 0 Å². The average molecular weight is 295 g/mol. The molecule has 0 spiro atoms. The minimum absolute atomic E-state index is 0.00903. The molecular weight excluding hydrogens is 262 g/mol. The van der Waals surface area contributed by atoms with Crippen LogP contribution < -0.4 is 10.6 Å². The van der Waals surface area contributed by atoms with E-state index in [9.17, 15) is 4.79 Å². The Morgan fingerprint density at radius 3 is 2.62 bits per heavy atom. The Balaban J connectivity index is 1.92. The summed E-state index contributed by atoms with van der Waals surface area (Å²) in [5.41, 5.74) is -0.104. The number of rotatable bonds is 7. The largest absolute Gasteiger partial charge is 0.350 e. The van der Waals surface area contributed by atoms with Crippen LogP contribution in [0.15, 0.2) is 0 Å². The number of amides is 1.